The van der Waals surface area contributed by atoms with Crippen LogP contribution in [0.5, 0.6) is 5.75 Å². The number of nitrogens with zero attached hydrogens (tertiary/aromatic N) is 1. The fourth-order valence-corrected chi connectivity index (χ4v) is 6.11. The number of hydrogen-bond donors (Lipinski definition) is 1. The van der Waals surface area contributed by atoms with Crippen LogP contribution in [0.3, 0.4) is 0 Å². The van der Waals surface area contributed by atoms with Crippen molar-refractivity contribution in [2.45, 2.75) is 23.4 Å². The lowest BCUT2D eigenvalue weighted by molar-refractivity contribution is -0.133. The zero-order valence-electron chi connectivity index (χ0n) is 17.8. The lowest BCUT2D eigenvalue weighted by atomic mass is 9.89. The molecule has 1 N–H and O–H groups in total. The van der Waals surface area contributed by atoms with E-state index in [1.54, 1.807) is 79.9 Å². The normalized spacial score (nSPS) is 19.0. The number of benzene rings is 3. The molecule has 1 aliphatic heterocycles. The van der Waals surface area contributed by atoms with Crippen molar-refractivity contribution < 1.29 is 23.1 Å². The average molecular weight is 484 g/mol. The Morgan fingerprint density at radius 2 is 1.70 bits per heavy atom. The van der Waals surface area contributed by atoms with E-state index in [2.05, 4.69) is 0 Å². The van der Waals surface area contributed by atoms with Crippen LogP contribution < -0.4 is 4.74 Å². The van der Waals surface area contributed by atoms with E-state index in [0.29, 0.717) is 16.3 Å². The highest BCUT2D eigenvalue weighted by Gasteiger charge is 2.44. The third-order valence-electron chi connectivity index (χ3n) is 5.65. The molecule has 0 fully saturated rings. The van der Waals surface area contributed by atoms with Gasteiger partial charge in [-0.15, -0.1) is 0 Å². The van der Waals surface area contributed by atoms with Crippen molar-refractivity contribution in [3.8, 4) is 5.75 Å². The van der Waals surface area contributed by atoms with Gasteiger partial charge >= 0.3 is 5.97 Å². The zero-order chi connectivity index (χ0) is 23.6. The molecule has 0 unspecified atom stereocenters. The quantitative estimate of drug-likeness (QED) is 0.518. The molecule has 0 radical (unpaired) electrons. The van der Waals surface area contributed by atoms with Crippen LogP contribution in [0, 0.1) is 0 Å². The zero-order valence-corrected chi connectivity index (χ0v) is 19.3. The van der Waals surface area contributed by atoms with Gasteiger partial charge in [0.1, 0.15) is 5.75 Å². The Labute approximate surface area is 197 Å². The molecule has 0 saturated carbocycles. The van der Waals surface area contributed by atoms with Gasteiger partial charge in [0.05, 0.1) is 29.7 Å². The van der Waals surface area contributed by atoms with Crippen LogP contribution in [-0.4, -0.2) is 30.9 Å². The number of carboxylic acid groups (broad SMARTS) is 1. The van der Waals surface area contributed by atoms with Gasteiger partial charge in [-0.1, -0.05) is 60.1 Å². The summed E-state index contributed by atoms with van der Waals surface area (Å²) in [5.74, 6) is -0.540. The average Bonchev–Trinajstić information content (AvgIpc) is 2.83. The standard InChI is InChI=1S/C25H22ClNO5S/c1-32-20-12-10-17(11-13-20)23-15-14-22(25(28)29)24(18-6-5-7-19(26)16-18)27(23)33(30,31)21-8-3-2-4-9-21/h2-14,16,23-24H,15H2,1H3,(H,28,29)/t23-,24-/m0/s1. The Hall–Kier alpha value is -3.13. The second-order valence-electron chi connectivity index (χ2n) is 7.59. The summed E-state index contributed by atoms with van der Waals surface area (Å²) in [6.45, 7) is 0. The molecule has 1 aliphatic rings. The summed E-state index contributed by atoms with van der Waals surface area (Å²) < 4.78 is 34.5. The van der Waals surface area contributed by atoms with E-state index in [4.69, 9.17) is 16.3 Å². The van der Waals surface area contributed by atoms with Crippen LogP contribution in [0.15, 0.2) is 95.4 Å². The summed E-state index contributed by atoms with van der Waals surface area (Å²) in [4.78, 5) is 12.3. The topological polar surface area (TPSA) is 83.9 Å². The largest absolute Gasteiger partial charge is 0.497 e. The maximum absolute atomic E-state index is 14.0. The van der Waals surface area contributed by atoms with Crippen molar-refractivity contribution in [1.82, 2.24) is 4.31 Å². The molecule has 2 atom stereocenters. The second kappa shape index (κ2) is 9.39. The predicted octanol–water partition coefficient (Wildman–Crippen LogP) is 5.24. The summed E-state index contributed by atoms with van der Waals surface area (Å²) in [6.07, 6.45) is 1.80. The Bertz CT molecular complexity index is 1290. The van der Waals surface area contributed by atoms with E-state index in [0.717, 1.165) is 5.56 Å². The van der Waals surface area contributed by atoms with Gasteiger partial charge in [0, 0.05) is 5.02 Å². The van der Waals surface area contributed by atoms with Crippen molar-refractivity contribution in [3.05, 3.63) is 107 Å². The minimum atomic E-state index is -4.10. The highest BCUT2D eigenvalue weighted by Crippen LogP contribution is 2.46. The third kappa shape index (κ3) is 4.53. The maximum atomic E-state index is 14.0. The first kappa shape index (κ1) is 23.0. The summed E-state index contributed by atoms with van der Waals surface area (Å²) in [7, 11) is -2.54. The van der Waals surface area contributed by atoms with Gasteiger partial charge in [-0.2, -0.15) is 4.31 Å². The number of hydrogen-bond acceptors (Lipinski definition) is 4. The summed E-state index contributed by atoms with van der Waals surface area (Å²) in [5.41, 5.74) is 1.19. The minimum absolute atomic E-state index is 0.0125. The van der Waals surface area contributed by atoms with E-state index in [9.17, 15) is 18.3 Å². The molecule has 0 saturated heterocycles. The molecule has 0 aromatic heterocycles. The highest BCUT2D eigenvalue weighted by molar-refractivity contribution is 7.89. The molecule has 0 spiro atoms. The first-order valence-corrected chi connectivity index (χ1v) is 12.1. The molecule has 8 heteroatoms. The molecule has 1 heterocycles. The predicted molar refractivity (Wildman–Crippen MR) is 126 cm³/mol. The summed E-state index contributed by atoms with van der Waals surface area (Å²) in [5, 5.41) is 10.4. The van der Waals surface area contributed by atoms with Crippen molar-refractivity contribution in [2.75, 3.05) is 7.11 Å². The minimum Gasteiger partial charge on any atom is -0.497 e. The van der Waals surface area contributed by atoms with E-state index < -0.39 is 28.1 Å². The number of rotatable bonds is 6. The second-order valence-corrected chi connectivity index (χ2v) is 9.87. The fourth-order valence-electron chi connectivity index (χ4n) is 4.11. The number of carbonyl (C=O) groups is 1. The van der Waals surface area contributed by atoms with Crippen LogP contribution in [0.2, 0.25) is 5.02 Å². The first-order chi connectivity index (χ1) is 15.8. The van der Waals surface area contributed by atoms with Crippen LogP contribution >= 0.6 is 11.6 Å². The fraction of sp³-hybridized carbons (Fsp3) is 0.160. The van der Waals surface area contributed by atoms with Gasteiger partial charge in [0.2, 0.25) is 10.0 Å². The van der Waals surface area contributed by atoms with Gasteiger partial charge < -0.3 is 9.84 Å². The molecular weight excluding hydrogens is 462 g/mol. The molecular formula is C25H22ClNO5S. The summed E-state index contributed by atoms with van der Waals surface area (Å²) in [6, 6.07) is 20.1. The van der Waals surface area contributed by atoms with Gasteiger partial charge in [-0.25, -0.2) is 13.2 Å². The van der Waals surface area contributed by atoms with Crippen molar-refractivity contribution in [2.24, 2.45) is 0 Å². The smallest absolute Gasteiger partial charge is 0.333 e. The number of halogens is 1. The molecule has 3 aromatic rings. The van der Waals surface area contributed by atoms with Crippen LogP contribution in [0.1, 0.15) is 29.6 Å². The molecule has 6 nitrogen and oxygen atoms in total. The highest BCUT2D eigenvalue weighted by atomic mass is 35.5. The Balaban J connectivity index is 1.96. The molecule has 0 bridgehead atoms. The maximum Gasteiger partial charge on any atom is 0.333 e. The summed E-state index contributed by atoms with van der Waals surface area (Å²) >= 11 is 6.21. The molecule has 4 rings (SSSR count). The van der Waals surface area contributed by atoms with Crippen LogP contribution in [0.25, 0.3) is 0 Å². The Morgan fingerprint density at radius 1 is 1.00 bits per heavy atom. The van der Waals surface area contributed by atoms with Crippen molar-refractivity contribution in [1.29, 1.82) is 0 Å². The Kier molecular flexibility index (Phi) is 6.56. The Morgan fingerprint density at radius 3 is 2.30 bits per heavy atom. The van der Waals surface area contributed by atoms with Gasteiger partial charge in [-0.05, 0) is 53.9 Å². The number of methoxy groups -OCH3 is 1. The van der Waals surface area contributed by atoms with E-state index in [-0.39, 0.29) is 16.9 Å². The molecule has 33 heavy (non-hydrogen) atoms. The van der Waals surface area contributed by atoms with Crippen molar-refractivity contribution in [3.63, 3.8) is 0 Å². The van der Waals surface area contributed by atoms with E-state index in [1.807, 2.05) is 0 Å². The van der Waals surface area contributed by atoms with E-state index in [1.165, 1.54) is 16.4 Å². The lowest BCUT2D eigenvalue weighted by Gasteiger charge is -2.40. The third-order valence-corrected chi connectivity index (χ3v) is 7.77. The molecule has 170 valence electrons. The van der Waals surface area contributed by atoms with Crippen LogP contribution in [-0.2, 0) is 14.8 Å². The monoisotopic (exact) mass is 483 g/mol. The molecule has 0 aliphatic carbocycles. The molecule has 3 aromatic carbocycles. The first-order valence-electron chi connectivity index (χ1n) is 10.2. The SMILES string of the molecule is COc1ccc([C@@H]2CC=C(C(=O)O)[C@H](c3cccc(Cl)c3)N2S(=O)(=O)c2ccccc2)cc1. The van der Waals surface area contributed by atoms with Crippen LogP contribution in [0.4, 0.5) is 0 Å². The number of aliphatic carboxylic acids is 1. The van der Waals surface area contributed by atoms with Gasteiger partial charge in [0.15, 0.2) is 0 Å². The van der Waals surface area contributed by atoms with Gasteiger partial charge in [-0.3, -0.25) is 0 Å². The molecule has 0 amide bonds. The van der Waals surface area contributed by atoms with Crippen molar-refractivity contribution >= 4 is 27.6 Å². The number of sulfonamides is 1. The number of ether oxygens (including phenoxy) is 1. The van der Waals surface area contributed by atoms with Gasteiger partial charge in [0.25, 0.3) is 0 Å². The lowest BCUT2D eigenvalue weighted by Crippen LogP contribution is -2.42. The number of carboxylic acids is 1. The van der Waals surface area contributed by atoms with E-state index >= 15 is 0 Å².